The van der Waals surface area contributed by atoms with Gasteiger partial charge < -0.3 is 10.1 Å². The molecule has 6 heteroatoms. The van der Waals surface area contributed by atoms with Crippen molar-refractivity contribution in [3.63, 3.8) is 0 Å². The van der Waals surface area contributed by atoms with Crippen molar-refractivity contribution in [2.24, 2.45) is 0 Å². The molecular formula is C18H17N3O2S. The van der Waals surface area contributed by atoms with Gasteiger partial charge in [0, 0.05) is 5.69 Å². The minimum atomic E-state index is -0.345. The van der Waals surface area contributed by atoms with Crippen LogP contribution in [0.2, 0.25) is 0 Å². The van der Waals surface area contributed by atoms with Crippen LogP contribution in [0.4, 0.5) is 5.69 Å². The van der Waals surface area contributed by atoms with Crippen LogP contribution >= 0.6 is 12.2 Å². The number of carbonyl (C=O) groups excluding carboxylic acids is 1. The zero-order valence-corrected chi connectivity index (χ0v) is 14.2. The minimum Gasteiger partial charge on any atom is -0.483 e. The van der Waals surface area contributed by atoms with E-state index < -0.39 is 0 Å². The molecular weight excluding hydrogens is 322 g/mol. The summed E-state index contributed by atoms with van der Waals surface area (Å²) in [5.41, 5.74) is 3.27. The number of nitrogens with zero attached hydrogens (tertiary/aromatic N) is 1. The number of carbonyl (C=O) groups is 1. The number of nitriles is 1. The van der Waals surface area contributed by atoms with Crippen molar-refractivity contribution in [1.29, 1.82) is 5.26 Å². The molecule has 2 aromatic carbocycles. The number of rotatable bonds is 4. The van der Waals surface area contributed by atoms with E-state index in [2.05, 4.69) is 10.6 Å². The Hall–Kier alpha value is -2.91. The second-order valence-electron chi connectivity index (χ2n) is 5.25. The third kappa shape index (κ3) is 5.07. The smallest absolute Gasteiger partial charge is 0.264 e. The molecule has 1 amide bonds. The van der Waals surface area contributed by atoms with E-state index in [0.29, 0.717) is 17.0 Å². The summed E-state index contributed by atoms with van der Waals surface area (Å²) >= 11 is 5.09. The van der Waals surface area contributed by atoms with Gasteiger partial charge >= 0.3 is 0 Å². The Morgan fingerprint density at radius 1 is 1.21 bits per heavy atom. The molecule has 0 aromatic heterocycles. The maximum atomic E-state index is 11.9. The molecule has 0 unspecified atom stereocenters. The van der Waals surface area contributed by atoms with E-state index in [1.807, 2.05) is 38.1 Å². The highest BCUT2D eigenvalue weighted by atomic mass is 32.1. The second kappa shape index (κ2) is 8.09. The van der Waals surface area contributed by atoms with Gasteiger partial charge in [-0.15, -0.1) is 0 Å². The van der Waals surface area contributed by atoms with Crippen LogP contribution in [0, 0.1) is 25.2 Å². The quantitative estimate of drug-likeness (QED) is 0.838. The van der Waals surface area contributed by atoms with Crippen molar-refractivity contribution in [3.8, 4) is 11.8 Å². The number of thiocarbonyl (C=S) groups is 1. The molecule has 0 aliphatic rings. The lowest BCUT2D eigenvalue weighted by Crippen LogP contribution is -2.37. The summed E-state index contributed by atoms with van der Waals surface area (Å²) in [6.07, 6.45) is 0. The summed E-state index contributed by atoms with van der Waals surface area (Å²) in [6, 6.07) is 14.6. The minimum absolute atomic E-state index is 0.126. The Bertz CT molecular complexity index is 795. The van der Waals surface area contributed by atoms with Gasteiger partial charge in [-0.25, -0.2) is 0 Å². The highest BCUT2D eigenvalue weighted by Gasteiger charge is 2.07. The largest absolute Gasteiger partial charge is 0.483 e. The van der Waals surface area contributed by atoms with Crippen molar-refractivity contribution in [1.82, 2.24) is 5.32 Å². The Morgan fingerprint density at radius 3 is 2.58 bits per heavy atom. The first-order chi connectivity index (χ1) is 11.5. The molecule has 0 aliphatic heterocycles. The Kier molecular flexibility index (Phi) is 5.88. The summed E-state index contributed by atoms with van der Waals surface area (Å²) in [4.78, 5) is 11.9. The lowest BCUT2D eigenvalue weighted by Gasteiger charge is -2.12. The van der Waals surface area contributed by atoms with Gasteiger partial charge in [-0.3, -0.25) is 10.1 Å². The van der Waals surface area contributed by atoms with Crippen molar-refractivity contribution in [2.75, 3.05) is 11.9 Å². The SMILES string of the molecule is Cc1ccc(C)c(OCC(=O)NC(=S)Nc2ccc(C#N)cc2)c1. The molecule has 0 bridgehead atoms. The van der Waals surface area contributed by atoms with Crippen LogP contribution in [0.5, 0.6) is 5.75 Å². The molecule has 122 valence electrons. The Balaban J connectivity index is 1.84. The monoisotopic (exact) mass is 339 g/mol. The molecule has 2 aromatic rings. The second-order valence-corrected chi connectivity index (χ2v) is 5.66. The van der Waals surface area contributed by atoms with Gasteiger partial charge in [0.2, 0.25) is 0 Å². The summed E-state index contributed by atoms with van der Waals surface area (Å²) in [6.45, 7) is 3.76. The molecule has 2 rings (SSSR count). The van der Waals surface area contributed by atoms with E-state index in [1.54, 1.807) is 24.3 Å². The fourth-order valence-electron chi connectivity index (χ4n) is 1.96. The highest BCUT2D eigenvalue weighted by Crippen LogP contribution is 2.18. The van der Waals surface area contributed by atoms with Crippen LogP contribution < -0.4 is 15.4 Å². The van der Waals surface area contributed by atoms with Gasteiger partial charge in [0.1, 0.15) is 5.75 Å². The topological polar surface area (TPSA) is 74.2 Å². The molecule has 0 radical (unpaired) electrons. The zero-order chi connectivity index (χ0) is 17.5. The van der Waals surface area contributed by atoms with E-state index in [1.165, 1.54) is 0 Å². The predicted octanol–water partition coefficient (Wildman–Crippen LogP) is 3.07. The molecule has 0 saturated carbocycles. The third-order valence-electron chi connectivity index (χ3n) is 3.23. The van der Waals surface area contributed by atoms with Crippen LogP contribution in [0.25, 0.3) is 0 Å². The summed E-state index contributed by atoms with van der Waals surface area (Å²) in [5, 5.41) is 14.4. The fraction of sp³-hybridized carbons (Fsp3) is 0.167. The normalized spacial score (nSPS) is 9.71. The van der Waals surface area contributed by atoms with Gasteiger partial charge in [-0.05, 0) is 67.5 Å². The van der Waals surface area contributed by atoms with Crippen LogP contribution in [-0.4, -0.2) is 17.6 Å². The molecule has 0 spiro atoms. The lowest BCUT2D eigenvalue weighted by molar-refractivity contribution is -0.121. The summed E-state index contributed by atoms with van der Waals surface area (Å²) in [5.74, 6) is 0.332. The molecule has 2 N–H and O–H groups in total. The van der Waals surface area contributed by atoms with Gasteiger partial charge in [0.05, 0.1) is 11.6 Å². The van der Waals surface area contributed by atoms with E-state index in [9.17, 15) is 4.79 Å². The summed E-state index contributed by atoms with van der Waals surface area (Å²) < 4.78 is 5.53. The molecule has 0 heterocycles. The maximum absolute atomic E-state index is 11.9. The van der Waals surface area contributed by atoms with E-state index in [4.69, 9.17) is 22.2 Å². The molecule has 5 nitrogen and oxygen atoms in total. The maximum Gasteiger partial charge on any atom is 0.264 e. The van der Waals surface area contributed by atoms with Crippen molar-refractivity contribution in [2.45, 2.75) is 13.8 Å². The van der Waals surface area contributed by atoms with E-state index in [0.717, 1.165) is 11.1 Å². The number of hydrogen-bond acceptors (Lipinski definition) is 4. The van der Waals surface area contributed by atoms with Crippen LogP contribution in [-0.2, 0) is 4.79 Å². The number of benzene rings is 2. The van der Waals surface area contributed by atoms with Gasteiger partial charge in [0.15, 0.2) is 11.7 Å². The molecule has 0 fully saturated rings. The van der Waals surface area contributed by atoms with Crippen molar-refractivity contribution in [3.05, 3.63) is 59.2 Å². The first kappa shape index (κ1) is 17.4. The first-order valence-corrected chi connectivity index (χ1v) is 7.70. The molecule has 0 aliphatic carbocycles. The van der Waals surface area contributed by atoms with Gasteiger partial charge in [-0.2, -0.15) is 5.26 Å². The van der Waals surface area contributed by atoms with Crippen LogP contribution in [0.3, 0.4) is 0 Å². The standard InChI is InChI=1S/C18H17N3O2S/c1-12-3-4-13(2)16(9-12)23-11-17(22)21-18(24)20-15-7-5-14(10-19)6-8-15/h3-9H,11H2,1-2H3,(H2,20,21,22,24). The number of amides is 1. The lowest BCUT2D eigenvalue weighted by atomic mass is 10.1. The van der Waals surface area contributed by atoms with E-state index in [-0.39, 0.29) is 17.6 Å². The fourth-order valence-corrected chi connectivity index (χ4v) is 2.19. The number of anilines is 1. The number of hydrogen-bond donors (Lipinski definition) is 2. The highest BCUT2D eigenvalue weighted by molar-refractivity contribution is 7.80. The zero-order valence-electron chi connectivity index (χ0n) is 13.4. The molecule has 24 heavy (non-hydrogen) atoms. The number of aryl methyl sites for hydroxylation is 2. The van der Waals surface area contributed by atoms with Crippen LogP contribution in [0.15, 0.2) is 42.5 Å². The van der Waals surface area contributed by atoms with Crippen molar-refractivity contribution < 1.29 is 9.53 Å². The molecule has 0 atom stereocenters. The Labute approximate surface area is 146 Å². The first-order valence-electron chi connectivity index (χ1n) is 7.29. The predicted molar refractivity (Wildman–Crippen MR) is 96.9 cm³/mol. The van der Waals surface area contributed by atoms with Crippen molar-refractivity contribution >= 4 is 28.9 Å². The Morgan fingerprint density at radius 2 is 1.92 bits per heavy atom. The third-order valence-corrected chi connectivity index (χ3v) is 3.43. The number of nitrogens with one attached hydrogen (secondary N) is 2. The van der Waals surface area contributed by atoms with E-state index >= 15 is 0 Å². The average Bonchev–Trinajstić information content (AvgIpc) is 2.56. The summed E-state index contributed by atoms with van der Waals surface area (Å²) in [7, 11) is 0. The van der Waals surface area contributed by atoms with Crippen LogP contribution in [0.1, 0.15) is 16.7 Å². The van der Waals surface area contributed by atoms with Gasteiger partial charge in [0.25, 0.3) is 5.91 Å². The molecule has 0 saturated heterocycles. The average molecular weight is 339 g/mol. The van der Waals surface area contributed by atoms with Gasteiger partial charge in [-0.1, -0.05) is 12.1 Å². The number of ether oxygens (including phenoxy) is 1.